The van der Waals surface area contributed by atoms with E-state index in [1.165, 1.54) is 14.1 Å². The van der Waals surface area contributed by atoms with Crippen molar-refractivity contribution in [2.45, 2.75) is 52.7 Å². The van der Waals surface area contributed by atoms with Crippen molar-refractivity contribution in [3.8, 4) is 0 Å². The molecule has 0 rings (SSSR count). The Morgan fingerprint density at radius 2 is 0.909 bits per heavy atom. The third kappa shape index (κ3) is 36.1. The average Bonchev–Trinajstić information content (AvgIpc) is 2.25. The first-order valence-electron chi connectivity index (χ1n) is 6.38. The van der Waals surface area contributed by atoms with Gasteiger partial charge in [0.05, 0.1) is 0 Å². The second kappa shape index (κ2) is 11.5. The Morgan fingerprint density at radius 3 is 1.00 bits per heavy atom. The van der Waals surface area contributed by atoms with E-state index in [2.05, 4.69) is 0 Å². The molecule has 9 heteroatoms. The van der Waals surface area contributed by atoms with Crippen LogP contribution in [-0.4, -0.2) is 53.9 Å². The third-order valence-electron chi connectivity index (χ3n) is 1.21. The molecule has 4 N–H and O–H groups in total. The number of carbonyl (C=O) groups excluding carboxylic acids is 1. The molecular weight excluding hydrogens is 296 g/mol. The normalized spacial score (nSPS) is 9.82. The van der Waals surface area contributed by atoms with E-state index in [1.807, 2.05) is 10.6 Å². The third-order valence-corrected chi connectivity index (χ3v) is 1.21. The van der Waals surface area contributed by atoms with Crippen molar-refractivity contribution < 1.29 is 34.1 Å². The number of nitrogens with one attached hydrogen (secondary N) is 2. The van der Waals surface area contributed by atoms with Crippen molar-refractivity contribution in [3.05, 3.63) is 0 Å². The maximum absolute atomic E-state index is 11.0. The van der Waals surface area contributed by atoms with Crippen molar-refractivity contribution in [3.63, 3.8) is 0 Å². The van der Waals surface area contributed by atoms with E-state index in [4.69, 9.17) is 19.7 Å². The Balaban J connectivity index is -0.000000298. The minimum absolute atomic E-state index is 0.484. The van der Waals surface area contributed by atoms with Crippen LogP contribution in [0.2, 0.25) is 0 Å². The lowest BCUT2D eigenvalue weighted by molar-refractivity contribution is -0.0468. The van der Waals surface area contributed by atoms with Crippen LogP contribution in [0.1, 0.15) is 41.5 Å². The minimum atomic E-state index is -0.995. The Hall–Kier alpha value is -2.19. The molecule has 0 heterocycles. The van der Waals surface area contributed by atoms with Crippen molar-refractivity contribution in [1.29, 1.82) is 0 Å². The Bertz CT molecular complexity index is 311. The molecule has 0 atom stereocenters. The van der Waals surface area contributed by atoms with Crippen LogP contribution in [0.4, 0.5) is 14.4 Å². The fraction of sp³-hybridized carbons (Fsp3) is 0.769. The first kappa shape index (κ1) is 24.8. The van der Waals surface area contributed by atoms with E-state index < -0.39 is 29.5 Å². The molecule has 2 amide bonds. The minimum Gasteiger partial charge on any atom is -0.465 e. The lowest BCUT2D eigenvalue weighted by atomic mass is 10.2. The molecule has 0 aliphatic heterocycles. The van der Waals surface area contributed by atoms with Gasteiger partial charge in [0.15, 0.2) is 0 Å². The number of carbonyl (C=O) groups is 3. The summed E-state index contributed by atoms with van der Waals surface area (Å²) < 4.78 is 9.91. The zero-order valence-electron chi connectivity index (χ0n) is 14.4. The summed E-state index contributed by atoms with van der Waals surface area (Å²) in [6, 6.07) is 0. The molecule has 0 aromatic rings. The monoisotopic (exact) mass is 324 g/mol. The molecule has 132 valence electrons. The Morgan fingerprint density at radius 1 is 0.727 bits per heavy atom. The molecular formula is C13H28N2O7. The van der Waals surface area contributed by atoms with Gasteiger partial charge in [-0.2, -0.15) is 0 Å². The quantitative estimate of drug-likeness (QED) is 0.503. The van der Waals surface area contributed by atoms with Crippen LogP contribution in [-0.2, 0) is 9.47 Å². The maximum atomic E-state index is 11.0. The van der Waals surface area contributed by atoms with Crippen LogP contribution in [0.3, 0.4) is 0 Å². The van der Waals surface area contributed by atoms with Gasteiger partial charge in [0.25, 0.3) is 0 Å². The smallest absolute Gasteiger partial charge is 0.465 e. The number of carboxylic acid groups (broad SMARTS) is 2. The maximum Gasteiger partial charge on any atom is 0.509 e. The second-order valence-electron chi connectivity index (χ2n) is 5.79. The first-order valence-corrected chi connectivity index (χ1v) is 6.38. The van der Waals surface area contributed by atoms with Gasteiger partial charge in [-0.25, -0.2) is 14.4 Å². The number of hydrogen-bond acceptors (Lipinski definition) is 5. The molecule has 0 unspecified atom stereocenters. The van der Waals surface area contributed by atoms with Crippen LogP contribution in [0.15, 0.2) is 0 Å². The predicted molar refractivity (Wildman–Crippen MR) is 81.2 cm³/mol. The summed E-state index contributed by atoms with van der Waals surface area (Å²) in [6.45, 7) is 10.8. The molecule has 9 nitrogen and oxygen atoms in total. The van der Waals surface area contributed by atoms with Crippen molar-refractivity contribution >= 4 is 18.3 Å². The predicted octanol–water partition coefficient (Wildman–Crippen LogP) is 2.50. The zero-order chi connectivity index (χ0) is 18.6. The van der Waals surface area contributed by atoms with E-state index in [1.54, 1.807) is 41.5 Å². The molecule has 0 radical (unpaired) electrons. The standard InChI is InChI=1S/C9H18O3.2C2H5NO2/c1-8(2,3)11-7(10)12-9(4,5)6;2*1-3-2(4)5/h1-6H3;2*3H,1H3,(H,4,5). The largest absolute Gasteiger partial charge is 0.509 e. The molecule has 0 aliphatic carbocycles. The van der Waals surface area contributed by atoms with Crippen LogP contribution >= 0.6 is 0 Å². The molecule has 0 bridgehead atoms. The SMILES string of the molecule is CC(C)(C)OC(=O)OC(C)(C)C.CNC(=O)O.CNC(=O)O. The van der Waals surface area contributed by atoms with Gasteiger partial charge >= 0.3 is 18.3 Å². The first-order chi connectivity index (χ1) is 9.64. The van der Waals surface area contributed by atoms with Crippen molar-refractivity contribution in [2.24, 2.45) is 0 Å². The molecule has 22 heavy (non-hydrogen) atoms. The lowest BCUT2D eigenvalue weighted by Gasteiger charge is -2.24. The molecule has 0 aromatic carbocycles. The van der Waals surface area contributed by atoms with Gasteiger partial charge in [-0.15, -0.1) is 0 Å². The van der Waals surface area contributed by atoms with Gasteiger partial charge in [-0.05, 0) is 41.5 Å². The van der Waals surface area contributed by atoms with E-state index in [0.29, 0.717) is 0 Å². The molecule has 0 aliphatic rings. The summed E-state index contributed by atoms with van der Waals surface area (Å²) in [7, 11) is 2.70. The lowest BCUT2D eigenvalue weighted by Crippen LogP contribution is -2.30. The summed E-state index contributed by atoms with van der Waals surface area (Å²) in [6.07, 6.45) is -2.61. The van der Waals surface area contributed by atoms with Gasteiger partial charge < -0.3 is 30.3 Å². The van der Waals surface area contributed by atoms with Gasteiger partial charge in [0.2, 0.25) is 0 Å². The zero-order valence-corrected chi connectivity index (χ0v) is 14.4. The van der Waals surface area contributed by atoms with Crippen LogP contribution in [0.25, 0.3) is 0 Å². The summed E-state index contributed by atoms with van der Waals surface area (Å²) in [5.41, 5.74) is -0.968. The summed E-state index contributed by atoms with van der Waals surface area (Å²) in [5, 5.41) is 19.1. The molecule has 0 saturated heterocycles. The summed E-state index contributed by atoms with van der Waals surface area (Å²) in [5.74, 6) is 0. The highest BCUT2D eigenvalue weighted by atomic mass is 16.7. The van der Waals surface area contributed by atoms with E-state index in [9.17, 15) is 14.4 Å². The Kier molecular flexibility index (Phi) is 12.9. The number of ether oxygens (including phenoxy) is 2. The topological polar surface area (TPSA) is 134 Å². The fourth-order valence-electron chi connectivity index (χ4n) is 0.521. The number of amides is 2. The Labute approximate surface area is 131 Å². The van der Waals surface area contributed by atoms with Crippen molar-refractivity contribution in [1.82, 2.24) is 10.6 Å². The van der Waals surface area contributed by atoms with E-state index >= 15 is 0 Å². The van der Waals surface area contributed by atoms with E-state index in [0.717, 1.165) is 0 Å². The van der Waals surface area contributed by atoms with Gasteiger partial charge in [0.1, 0.15) is 11.2 Å². The number of rotatable bonds is 0. The van der Waals surface area contributed by atoms with Crippen molar-refractivity contribution in [2.75, 3.05) is 14.1 Å². The van der Waals surface area contributed by atoms with E-state index in [-0.39, 0.29) is 0 Å². The van der Waals surface area contributed by atoms with Crippen LogP contribution < -0.4 is 10.6 Å². The summed E-state index contributed by atoms with van der Waals surface area (Å²) >= 11 is 0. The molecule has 0 fully saturated rings. The van der Waals surface area contributed by atoms with Crippen LogP contribution in [0, 0.1) is 0 Å². The highest BCUT2D eigenvalue weighted by molar-refractivity contribution is 5.64. The molecule has 0 spiro atoms. The van der Waals surface area contributed by atoms with Gasteiger partial charge in [-0.3, -0.25) is 0 Å². The van der Waals surface area contributed by atoms with Gasteiger partial charge in [0, 0.05) is 14.1 Å². The molecule has 0 saturated carbocycles. The highest BCUT2D eigenvalue weighted by Crippen LogP contribution is 2.13. The number of hydrogen-bond donors (Lipinski definition) is 4. The average molecular weight is 324 g/mol. The highest BCUT2D eigenvalue weighted by Gasteiger charge is 2.22. The molecule has 0 aromatic heterocycles. The van der Waals surface area contributed by atoms with Crippen LogP contribution in [0.5, 0.6) is 0 Å². The van der Waals surface area contributed by atoms with Gasteiger partial charge in [-0.1, -0.05) is 0 Å². The second-order valence-corrected chi connectivity index (χ2v) is 5.79. The summed E-state index contributed by atoms with van der Waals surface area (Å²) in [4.78, 5) is 29.5. The fourth-order valence-corrected chi connectivity index (χ4v) is 0.521.